The highest BCUT2D eigenvalue weighted by Crippen LogP contribution is 2.21. The Bertz CT molecular complexity index is 599. The third-order valence-corrected chi connectivity index (χ3v) is 3.29. The van der Waals surface area contributed by atoms with Crippen molar-refractivity contribution in [3.8, 4) is 5.75 Å². The summed E-state index contributed by atoms with van der Waals surface area (Å²) in [4.78, 5) is 11.8. The topological polar surface area (TPSA) is 26.3 Å². The molecule has 0 saturated heterocycles. The third kappa shape index (κ3) is 3.78. The molecule has 0 aliphatic rings. The van der Waals surface area contributed by atoms with Gasteiger partial charge in [-0.15, -0.1) is 0 Å². The normalized spacial score (nSPS) is 10.3. The zero-order valence-corrected chi connectivity index (χ0v) is 12.0. The summed E-state index contributed by atoms with van der Waals surface area (Å²) in [5.41, 5.74) is 0.519. The maximum Gasteiger partial charge on any atom is 0.200 e. The molecule has 0 saturated carbocycles. The van der Waals surface area contributed by atoms with Crippen LogP contribution in [0.25, 0.3) is 0 Å². The molecule has 0 aliphatic carbocycles. The number of rotatable bonds is 4. The van der Waals surface area contributed by atoms with Crippen molar-refractivity contribution >= 4 is 33.3 Å². The predicted molar refractivity (Wildman–Crippen MR) is 75.4 cm³/mol. The number of benzene rings is 2. The Labute approximate surface area is 123 Å². The SMILES string of the molecule is O=C(COc1ccc(F)c(Br)c1)c1ccc(Cl)cc1. The van der Waals surface area contributed by atoms with Crippen molar-refractivity contribution in [2.75, 3.05) is 6.61 Å². The molecule has 19 heavy (non-hydrogen) atoms. The minimum Gasteiger partial charge on any atom is -0.485 e. The van der Waals surface area contributed by atoms with Gasteiger partial charge >= 0.3 is 0 Å². The van der Waals surface area contributed by atoms with Gasteiger partial charge in [-0.1, -0.05) is 11.6 Å². The molecule has 2 aromatic carbocycles. The van der Waals surface area contributed by atoms with Gasteiger partial charge in [0.2, 0.25) is 0 Å². The summed E-state index contributed by atoms with van der Waals surface area (Å²) in [7, 11) is 0. The van der Waals surface area contributed by atoms with Gasteiger partial charge in [-0.05, 0) is 58.4 Å². The minimum absolute atomic E-state index is 0.111. The Hall–Kier alpha value is -1.39. The standard InChI is InChI=1S/C14H9BrClFO2/c15-12-7-11(5-6-13(12)17)19-8-14(18)9-1-3-10(16)4-2-9/h1-7H,8H2. The van der Waals surface area contributed by atoms with Crippen LogP contribution in [0.1, 0.15) is 10.4 Å². The molecule has 2 rings (SSSR count). The van der Waals surface area contributed by atoms with Crippen molar-refractivity contribution in [3.63, 3.8) is 0 Å². The Morgan fingerprint density at radius 1 is 1.21 bits per heavy atom. The Kier molecular flexibility index (Phi) is 4.56. The molecule has 98 valence electrons. The van der Waals surface area contributed by atoms with Gasteiger partial charge in [0.05, 0.1) is 4.47 Å². The lowest BCUT2D eigenvalue weighted by molar-refractivity contribution is 0.0921. The number of Topliss-reactive ketones (excluding diaryl/α,β-unsaturated/α-hetero) is 1. The maximum atomic E-state index is 13.0. The quantitative estimate of drug-likeness (QED) is 0.764. The van der Waals surface area contributed by atoms with Crippen LogP contribution in [-0.2, 0) is 0 Å². The molecule has 0 heterocycles. The van der Waals surface area contributed by atoms with E-state index in [1.54, 1.807) is 24.3 Å². The highest BCUT2D eigenvalue weighted by atomic mass is 79.9. The van der Waals surface area contributed by atoms with Gasteiger partial charge in [0.1, 0.15) is 11.6 Å². The van der Waals surface area contributed by atoms with Gasteiger partial charge in [0.25, 0.3) is 0 Å². The Morgan fingerprint density at radius 3 is 2.53 bits per heavy atom. The number of hydrogen-bond donors (Lipinski definition) is 0. The van der Waals surface area contributed by atoms with E-state index in [0.717, 1.165) is 0 Å². The first-order valence-electron chi connectivity index (χ1n) is 5.43. The summed E-state index contributed by atoms with van der Waals surface area (Å²) in [6, 6.07) is 10.8. The number of carbonyl (C=O) groups excluding carboxylic acids is 1. The highest BCUT2D eigenvalue weighted by Gasteiger charge is 2.08. The van der Waals surface area contributed by atoms with Gasteiger partial charge in [-0.3, -0.25) is 4.79 Å². The fraction of sp³-hybridized carbons (Fsp3) is 0.0714. The summed E-state index contributed by atoms with van der Waals surface area (Å²) in [6.45, 7) is -0.111. The summed E-state index contributed by atoms with van der Waals surface area (Å²) in [6.07, 6.45) is 0. The molecule has 0 aromatic heterocycles. The van der Waals surface area contributed by atoms with Gasteiger partial charge in [0, 0.05) is 10.6 Å². The van der Waals surface area contributed by atoms with Crippen LogP contribution in [0.3, 0.4) is 0 Å². The van der Waals surface area contributed by atoms with Crippen LogP contribution in [0.4, 0.5) is 4.39 Å². The third-order valence-electron chi connectivity index (χ3n) is 2.43. The number of ether oxygens (including phenoxy) is 1. The summed E-state index contributed by atoms with van der Waals surface area (Å²) in [5.74, 6) is -0.121. The number of halogens is 3. The second kappa shape index (κ2) is 6.17. The highest BCUT2D eigenvalue weighted by molar-refractivity contribution is 9.10. The van der Waals surface area contributed by atoms with E-state index in [9.17, 15) is 9.18 Å². The van der Waals surface area contributed by atoms with E-state index in [4.69, 9.17) is 16.3 Å². The van der Waals surface area contributed by atoms with E-state index >= 15 is 0 Å². The molecule has 2 nitrogen and oxygen atoms in total. The number of carbonyl (C=O) groups is 1. The fourth-order valence-corrected chi connectivity index (χ4v) is 1.92. The Morgan fingerprint density at radius 2 is 1.89 bits per heavy atom. The number of hydrogen-bond acceptors (Lipinski definition) is 2. The van der Waals surface area contributed by atoms with E-state index in [-0.39, 0.29) is 18.2 Å². The van der Waals surface area contributed by atoms with E-state index < -0.39 is 0 Å². The lowest BCUT2D eigenvalue weighted by Crippen LogP contribution is -2.11. The Balaban J connectivity index is 2.00. The lowest BCUT2D eigenvalue weighted by atomic mass is 10.1. The molecule has 0 fully saturated rings. The summed E-state index contributed by atoms with van der Waals surface area (Å²) >= 11 is 8.79. The molecule has 2 aromatic rings. The van der Waals surface area contributed by atoms with Crippen LogP contribution in [-0.4, -0.2) is 12.4 Å². The van der Waals surface area contributed by atoms with Crippen molar-refractivity contribution < 1.29 is 13.9 Å². The summed E-state index contributed by atoms with van der Waals surface area (Å²) < 4.78 is 18.6. The molecule has 0 atom stereocenters. The molecule has 0 unspecified atom stereocenters. The van der Waals surface area contributed by atoms with Gasteiger partial charge < -0.3 is 4.74 Å². The van der Waals surface area contributed by atoms with Crippen molar-refractivity contribution in [1.29, 1.82) is 0 Å². The van der Waals surface area contributed by atoms with E-state index in [1.165, 1.54) is 18.2 Å². The molecule has 0 radical (unpaired) electrons. The van der Waals surface area contributed by atoms with E-state index in [1.807, 2.05) is 0 Å². The zero-order chi connectivity index (χ0) is 13.8. The molecule has 0 spiro atoms. The van der Waals surface area contributed by atoms with Crippen molar-refractivity contribution in [1.82, 2.24) is 0 Å². The fourth-order valence-electron chi connectivity index (χ4n) is 1.43. The largest absolute Gasteiger partial charge is 0.485 e. The predicted octanol–water partition coefficient (Wildman–Crippen LogP) is 4.50. The van der Waals surface area contributed by atoms with Crippen molar-refractivity contribution in [2.24, 2.45) is 0 Å². The maximum absolute atomic E-state index is 13.0. The zero-order valence-electron chi connectivity index (χ0n) is 9.70. The van der Waals surface area contributed by atoms with Crippen molar-refractivity contribution in [2.45, 2.75) is 0 Å². The first-order valence-corrected chi connectivity index (χ1v) is 6.60. The summed E-state index contributed by atoms with van der Waals surface area (Å²) in [5, 5.41) is 0.569. The van der Waals surface area contributed by atoms with E-state index in [2.05, 4.69) is 15.9 Å². The van der Waals surface area contributed by atoms with Crippen LogP contribution in [0.2, 0.25) is 5.02 Å². The molecule has 0 aliphatic heterocycles. The van der Waals surface area contributed by atoms with Crippen LogP contribution >= 0.6 is 27.5 Å². The van der Waals surface area contributed by atoms with E-state index in [0.29, 0.717) is 20.8 Å². The number of ketones is 1. The second-order valence-corrected chi connectivity index (χ2v) is 5.09. The lowest BCUT2D eigenvalue weighted by Gasteiger charge is -2.06. The molecule has 5 heteroatoms. The first-order chi connectivity index (χ1) is 9.06. The van der Waals surface area contributed by atoms with Crippen LogP contribution in [0.5, 0.6) is 5.75 Å². The van der Waals surface area contributed by atoms with Gasteiger partial charge in [-0.25, -0.2) is 4.39 Å². The molecular formula is C14H9BrClFO2. The average Bonchev–Trinajstić information content (AvgIpc) is 2.40. The molecule has 0 bridgehead atoms. The average molecular weight is 344 g/mol. The van der Waals surface area contributed by atoms with Gasteiger partial charge in [-0.2, -0.15) is 0 Å². The smallest absolute Gasteiger partial charge is 0.200 e. The van der Waals surface area contributed by atoms with Crippen LogP contribution in [0, 0.1) is 5.82 Å². The molecular weight excluding hydrogens is 335 g/mol. The first kappa shape index (κ1) is 14.0. The van der Waals surface area contributed by atoms with Crippen molar-refractivity contribution in [3.05, 3.63) is 63.3 Å². The van der Waals surface area contributed by atoms with Gasteiger partial charge in [0.15, 0.2) is 12.4 Å². The monoisotopic (exact) mass is 342 g/mol. The minimum atomic E-state index is -0.378. The second-order valence-electron chi connectivity index (χ2n) is 3.79. The van der Waals surface area contributed by atoms with Crippen LogP contribution < -0.4 is 4.74 Å². The molecule has 0 N–H and O–H groups in total. The molecule has 0 amide bonds. The van der Waals surface area contributed by atoms with Crippen LogP contribution in [0.15, 0.2) is 46.9 Å².